The summed E-state index contributed by atoms with van der Waals surface area (Å²) >= 11 is 0. The molecule has 0 aromatic heterocycles. The maximum atomic E-state index is 13.0. The van der Waals surface area contributed by atoms with Crippen LogP contribution in [0.3, 0.4) is 0 Å². The van der Waals surface area contributed by atoms with Crippen LogP contribution in [-0.4, -0.2) is 12.6 Å². The van der Waals surface area contributed by atoms with Crippen LogP contribution in [0.5, 0.6) is 0 Å². The standard InChI is InChI=1S/C10H10F2N2O/c1-10(5-15-9(13)14-10)6-2-3-7(11)8(12)4-6/h2-4H,5H2,1H3,(H2,13,14). The Balaban J connectivity index is 2.42. The number of rotatable bonds is 1. The Labute approximate surface area is 85.6 Å². The number of aliphatic imine (C=N–C) groups is 1. The van der Waals surface area contributed by atoms with Crippen molar-refractivity contribution in [2.45, 2.75) is 12.5 Å². The zero-order chi connectivity index (χ0) is 11.1. The summed E-state index contributed by atoms with van der Waals surface area (Å²) in [6.45, 7) is 1.99. The van der Waals surface area contributed by atoms with Gasteiger partial charge in [0.15, 0.2) is 11.6 Å². The molecule has 1 aromatic carbocycles. The van der Waals surface area contributed by atoms with Gasteiger partial charge in [0, 0.05) is 0 Å². The number of hydrogen-bond acceptors (Lipinski definition) is 3. The van der Waals surface area contributed by atoms with Crippen LogP contribution < -0.4 is 5.73 Å². The molecule has 0 bridgehead atoms. The molecule has 2 N–H and O–H groups in total. The number of benzene rings is 1. The van der Waals surface area contributed by atoms with Crippen molar-refractivity contribution in [1.29, 1.82) is 0 Å². The summed E-state index contributed by atoms with van der Waals surface area (Å²) < 4.78 is 30.7. The molecule has 15 heavy (non-hydrogen) atoms. The maximum Gasteiger partial charge on any atom is 0.283 e. The second-order valence-corrected chi connectivity index (χ2v) is 3.64. The van der Waals surface area contributed by atoms with Crippen molar-refractivity contribution in [3.05, 3.63) is 35.4 Å². The Morgan fingerprint density at radius 2 is 2.13 bits per heavy atom. The van der Waals surface area contributed by atoms with Gasteiger partial charge in [-0.2, -0.15) is 0 Å². The van der Waals surface area contributed by atoms with Crippen molar-refractivity contribution >= 4 is 6.02 Å². The van der Waals surface area contributed by atoms with E-state index >= 15 is 0 Å². The lowest BCUT2D eigenvalue weighted by atomic mass is 9.94. The van der Waals surface area contributed by atoms with E-state index in [1.54, 1.807) is 6.92 Å². The van der Waals surface area contributed by atoms with Gasteiger partial charge in [0.05, 0.1) is 0 Å². The Kier molecular flexibility index (Phi) is 2.10. The zero-order valence-corrected chi connectivity index (χ0v) is 8.13. The fourth-order valence-corrected chi connectivity index (χ4v) is 1.50. The highest BCUT2D eigenvalue weighted by Gasteiger charge is 2.33. The predicted octanol–water partition coefficient (Wildman–Crippen LogP) is 1.52. The second kappa shape index (κ2) is 3.18. The average molecular weight is 212 g/mol. The van der Waals surface area contributed by atoms with Gasteiger partial charge in [-0.25, -0.2) is 13.8 Å². The van der Waals surface area contributed by atoms with E-state index in [4.69, 9.17) is 10.5 Å². The number of ether oxygens (including phenoxy) is 1. The molecule has 1 unspecified atom stereocenters. The normalized spacial score (nSPS) is 24.9. The molecule has 5 heteroatoms. The van der Waals surface area contributed by atoms with E-state index in [1.807, 2.05) is 0 Å². The third-order valence-electron chi connectivity index (χ3n) is 2.40. The van der Waals surface area contributed by atoms with Crippen molar-refractivity contribution in [2.24, 2.45) is 10.7 Å². The van der Waals surface area contributed by atoms with Gasteiger partial charge in [0.1, 0.15) is 12.1 Å². The molecule has 0 saturated heterocycles. The van der Waals surface area contributed by atoms with E-state index < -0.39 is 17.2 Å². The highest BCUT2D eigenvalue weighted by atomic mass is 19.2. The Hall–Kier alpha value is -1.65. The van der Waals surface area contributed by atoms with Crippen LogP contribution in [-0.2, 0) is 10.3 Å². The van der Waals surface area contributed by atoms with Crippen molar-refractivity contribution in [1.82, 2.24) is 0 Å². The van der Waals surface area contributed by atoms with E-state index in [0.717, 1.165) is 12.1 Å². The van der Waals surface area contributed by atoms with Crippen LogP contribution >= 0.6 is 0 Å². The minimum Gasteiger partial charge on any atom is -0.462 e. The zero-order valence-electron chi connectivity index (χ0n) is 8.13. The lowest BCUT2D eigenvalue weighted by Crippen LogP contribution is -2.21. The highest BCUT2D eigenvalue weighted by molar-refractivity contribution is 5.74. The van der Waals surface area contributed by atoms with Crippen molar-refractivity contribution in [3.8, 4) is 0 Å². The molecule has 1 aromatic rings. The molecule has 1 aliphatic heterocycles. The molecule has 0 amide bonds. The number of amidine groups is 1. The molecule has 1 atom stereocenters. The smallest absolute Gasteiger partial charge is 0.283 e. The first-order valence-electron chi connectivity index (χ1n) is 4.45. The lowest BCUT2D eigenvalue weighted by molar-refractivity contribution is 0.266. The van der Waals surface area contributed by atoms with Crippen LogP contribution in [0.4, 0.5) is 8.78 Å². The lowest BCUT2D eigenvalue weighted by Gasteiger charge is -2.18. The fraction of sp³-hybridized carbons (Fsp3) is 0.300. The van der Waals surface area contributed by atoms with E-state index in [9.17, 15) is 8.78 Å². The average Bonchev–Trinajstić information content (AvgIpc) is 2.52. The predicted molar refractivity (Wildman–Crippen MR) is 51.3 cm³/mol. The summed E-state index contributed by atoms with van der Waals surface area (Å²) in [4.78, 5) is 4.04. The van der Waals surface area contributed by atoms with E-state index in [2.05, 4.69) is 4.99 Å². The van der Waals surface area contributed by atoms with Gasteiger partial charge in [0.2, 0.25) is 0 Å². The minimum atomic E-state index is -0.894. The monoisotopic (exact) mass is 212 g/mol. The van der Waals surface area contributed by atoms with Crippen molar-refractivity contribution in [3.63, 3.8) is 0 Å². The van der Waals surface area contributed by atoms with Gasteiger partial charge in [0.25, 0.3) is 6.02 Å². The Morgan fingerprint density at radius 3 is 2.67 bits per heavy atom. The number of hydrogen-bond donors (Lipinski definition) is 1. The number of halogens is 2. The molecule has 0 fully saturated rings. The summed E-state index contributed by atoms with van der Waals surface area (Å²) in [5.74, 6) is -1.77. The summed E-state index contributed by atoms with van der Waals surface area (Å²) in [6, 6.07) is 3.73. The van der Waals surface area contributed by atoms with Gasteiger partial charge in [-0.15, -0.1) is 0 Å². The molecular weight excluding hydrogens is 202 g/mol. The molecule has 2 rings (SSSR count). The maximum absolute atomic E-state index is 13.0. The topological polar surface area (TPSA) is 47.6 Å². The summed E-state index contributed by atoms with van der Waals surface area (Å²) in [7, 11) is 0. The number of nitrogens with zero attached hydrogens (tertiary/aromatic N) is 1. The van der Waals surface area contributed by atoms with E-state index in [1.165, 1.54) is 6.07 Å². The fourth-order valence-electron chi connectivity index (χ4n) is 1.50. The Morgan fingerprint density at radius 1 is 1.40 bits per heavy atom. The molecule has 0 aliphatic carbocycles. The van der Waals surface area contributed by atoms with Crippen LogP contribution in [0.15, 0.2) is 23.2 Å². The minimum absolute atomic E-state index is 0.0715. The molecule has 0 spiro atoms. The van der Waals surface area contributed by atoms with E-state index in [0.29, 0.717) is 5.56 Å². The van der Waals surface area contributed by atoms with Gasteiger partial charge in [-0.05, 0) is 24.6 Å². The van der Waals surface area contributed by atoms with Gasteiger partial charge >= 0.3 is 0 Å². The SMILES string of the molecule is CC1(c2ccc(F)c(F)c2)COC(N)=N1. The highest BCUT2D eigenvalue weighted by Crippen LogP contribution is 2.30. The number of nitrogens with two attached hydrogens (primary N) is 1. The first kappa shape index (κ1) is 9.89. The summed E-state index contributed by atoms with van der Waals surface area (Å²) in [5, 5.41) is 0. The van der Waals surface area contributed by atoms with Crippen LogP contribution in [0.2, 0.25) is 0 Å². The third kappa shape index (κ3) is 1.65. The molecule has 0 saturated carbocycles. The summed E-state index contributed by atoms with van der Waals surface area (Å²) in [6.07, 6.45) is 0. The summed E-state index contributed by atoms with van der Waals surface area (Å²) in [5.41, 5.74) is 5.20. The van der Waals surface area contributed by atoms with Crippen LogP contribution in [0, 0.1) is 11.6 Å². The quantitative estimate of drug-likeness (QED) is 0.767. The largest absolute Gasteiger partial charge is 0.462 e. The first-order valence-corrected chi connectivity index (χ1v) is 4.45. The van der Waals surface area contributed by atoms with Gasteiger partial charge in [-0.1, -0.05) is 6.07 Å². The first-order chi connectivity index (χ1) is 7.01. The molecule has 3 nitrogen and oxygen atoms in total. The molecule has 1 aliphatic rings. The van der Waals surface area contributed by atoms with Crippen LogP contribution in [0.25, 0.3) is 0 Å². The molecular formula is C10H10F2N2O. The van der Waals surface area contributed by atoms with Crippen molar-refractivity contribution in [2.75, 3.05) is 6.61 Å². The van der Waals surface area contributed by atoms with Crippen molar-refractivity contribution < 1.29 is 13.5 Å². The third-order valence-corrected chi connectivity index (χ3v) is 2.40. The van der Waals surface area contributed by atoms with Gasteiger partial charge in [-0.3, -0.25) is 0 Å². The molecule has 1 heterocycles. The van der Waals surface area contributed by atoms with E-state index in [-0.39, 0.29) is 12.6 Å². The molecule has 80 valence electrons. The second-order valence-electron chi connectivity index (χ2n) is 3.64. The molecule has 0 radical (unpaired) electrons. The van der Waals surface area contributed by atoms with Gasteiger partial charge < -0.3 is 10.5 Å². The Bertz CT molecular complexity index is 433. The van der Waals surface area contributed by atoms with Crippen LogP contribution in [0.1, 0.15) is 12.5 Å².